The molecule has 0 saturated carbocycles. The molecule has 1 fully saturated rings. The fourth-order valence-electron chi connectivity index (χ4n) is 4.43. The number of anilines is 1. The average molecular weight is 441 g/mol. The van der Waals surface area contributed by atoms with Gasteiger partial charge in [0.25, 0.3) is 0 Å². The van der Waals surface area contributed by atoms with Crippen LogP contribution in [0.5, 0.6) is 0 Å². The zero-order valence-electron chi connectivity index (χ0n) is 18.2. The van der Waals surface area contributed by atoms with Crippen LogP contribution in [0.15, 0.2) is 75.9 Å². The van der Waals surface area contributed by atoms with E-state index < -0.39 is 17.5 Å². The Kier molecular flexibility index (Phi) is 5.42. The molecule has 33 heavy (non-hydrogen) atoms. The van der Waals surface area contributed by atoms with Crippen LogP contribution in [0, 0.1) is 5.92 Å². The SMILES string of the molecule is CCc1ccc(N2C[C@H](C(=O)OCc3cc(=O)oc4ccc5ccccc5c34)CC2=O)cc1. The first kappa shape index (κ1) is 20.9. The number of esters is 1. The van der Waals surface area contributed by atoms with Gasteiger partial charge in [0.1, 0.15) is 12.2 Å². The molecule has 6 nitrogen and oxygen atoms in total. The number of amides is 1. The van der Waals surface area contributed by atoms with Gasteiger partial charge in [-0.2, -0.15) is 0 Å². The van der Waals surface area contributed by atoms with E-state index in [1.807, 2.05) is 54.6 Å². The van der Waals surface area contributed by atoms with Crippen LogP contribution in [0.2, 0.25) is 0 Å². The zero-order chi connectivity index (χ0) is 22.9. The molecule has 1 atom stereocenters. The summed E-state index contributed by atoms with van der Waals surface area (Å²) in [5, 5.41) is 2.67. The lowest BCUT2D eigenvalue weighted by Crippen LogP contribution is -2.26. The van der Waals surface area contributed by atoms with Crippen LogP contribution in [0.3, 0.4) is 0 Å². The fraction of sp³-hybridized carbons (Fsp3) is 0.222. The molecule has 5 rings (SSSR count). The second-order valence-electron chi connectivity index (χ2n) is 8.28. The normalized spacial score (nSPS) is 16.0. The third-order valence-corrected chi connectivity index (χ3v) is 6.20. The number of benzene rings is 3. The number of hydrogen-bond acceptors (Lipinski definition) is 5. The largest absolute Gasteiger partial charge is 0.461 e. The van der Waals surface area contributed by atoms with Crippen molar-refractivity contribution in [3.63, 3.8) is 0 Å². The van der Waals surface area contributed by atoms with E-state index in [9.17, 15) is 14.4 Å². The molecule has 0 radical (unpaired) electrons. The van der Waals surface area contributed by atoms with Gasteiger partial charge in [-0.3, -0.25) is 9.59 Å². The Morgan fingerprint density at radius 3 is 2.64 bits per heavy atom. The molecule has 4 aromatic rings. The highest BCUT2D eigenvalue weighted by Crippen LogP contribution is 2.29. The highest BCUT2D eigenvalue weighted by Gasteiger charge is 2.36. The first-order valence-electron chi connectivity index (χ1n) is 11.0. The maximum Gasteiger partial charge on any atom is 0.336 e. The molecule has 1 aliphatic heterocycles. The molecule has 2 heterocycles. The van der Waals surface area contributed by atoms with Crippen LogP contribution >= 0.6 is 0 Å². The molecule has 0 unspecified atom stereocenters. The molecule has 166 valence electrons. The molecule has 6 heteroatoms. The number of carbonyl (C=O) groups is 2. The molecule has 0 spiro atoms. The van der Waals surface area contributed by atoms with Crippen LogP contribution in [0.1, 0.15) is 24.5 Å². The summed E-state index contributed by atoms with van der Waals surface area (Å²) in [4.78, 5) is 39.1. The Balaban J connectivity index is 1.35. The van der Waals surface area contributed by atoms with Crippen molar-refractivity contribution in [1.29, 1.82) is 0 Å². The van der Waals surface area contributed by atoms with E-state index in [1.54, 1.807) is 11.0 Å². The van der Waals surface area contributed by atoms with Gasteiger partial charge >= 0.3 is 11.6 Å². The summed E-state index contributed by atoms with van der Waals surface area (Å²) >= 11 is 0. The fourth-order valence-corrected chi connectivity index (χ4v) is 4.43. The molecule has 0 N–H and O–H groups in total. The van der Waals surface area contributed by atoms with Gasteiger partial charge in [0.2, 0.25) is 5.91 Å². The van der Waals surface area contributed by atoms with Crippen LogP contribution in [0.4, 0.5) is 5.69 Å². The van der Waals surface area contributed by atoms with Crippen LogP contribution < -0.4 is 10.5 Å². The van der Waals surface area contributed by atoms with Crippen molar-refractivity contribution in [3.05, 3.63) is 88.3 Å². The van der Waals surface area contributed by atoms with Gasteiger partial charge < -0.3 is 14.1 Å². The number of nitrogens with zero attached hydrogens (tertiary/aromatic N) is 1. The summed E-state index contributed by atoms with van der Waals surface area (Å²) in [7, 11) is 0. The number of carbonyl (C=O) groups excluding carboxylic acids is 2. The van der Waals surface area contributed by atoms with Crippen molar-refractivity contribution >= 4 is 39.3 Å². The van der Waals surface area contributed by atoms with E-state index in [-0.39, 0.29) is 25.5 Å². The third kappa shape index (κ3) is 4.00. The number of ether oxygens (including phenoxy) is 1. The Hall–Kier alpha value is -3.93. The lowest BCUT2D eigenvalue weighted by molar-refractivity contribution is -0.149. The van der Waals surface area contributed by atoms with Crippen molar-refractivity contribution in [3.8, 4) is 0 Å². The minimum atomic E-state index is -0.550. The number of hydrogen-bond donors (Lipinski definition) is 0. The first-order valence-corrected chi connectivity index (χ1v) is 11.0. The highest BCUT2D eigenvalue weighted by molar-refractivity contribution is 6.07. The van der Waals surface area contributed by atoms with Crippen molar-refractivity contribution in [2.75, 3.05) is 11.4 Å². The molecule has 3 aromatic carbocycles. The minimum Gasteiger partial charge on any atom is -0.461 e. The Morgan fingerprint density at radius 1 is 1.06 bits per heavy atom. The predicted octanol–water partition coefficient (Wildman–Crippen LogP) is 4.60. The van der Waals surface area contributed by atoms with Crippen molar-refractivity contribution in [2.24, 2.45) is 5.92 Å². The van der Waals surface area contributed by atoms with Gasteiger partial charge in [-0.1, -0.05) is 49.4 Å². The monoisotopic (exact) mass is 441 g/mol. The molecule has 1 aromatic heterocycles. The van der Waals surface area contributed by atoms with Crippen LogP contribution in [-0.4, -0.2) is 18.4 Å². The van der Waals surface area contributed by atoms with Gasteiger partial charge in [0.05, 0.1) is 5.92 Å². The van der Waals surface area contributed by atoms with Crippen molar-refractivity contribution < 1.29 is 18.7 Å². The van der Waals surface area contributed by atoms with Gasteiger partial charge in [-0.05, 0) is 41.0 Å². The smallest absolute Gasteiger partial charge is 0.336 e. The maximum absolute atomic E-state index is 12.8. The molecule has 0 bridgehead atoms. The van der Waals surface area contributed by atoms with E-state index in [0.717, 1.165) is 28.3 Å². The number of rotatable bonds is 5. The van der Waals surface area contributed by atoms with Crippen LogP contribution in [-0.2, 0) is 27.4 Å². The molecule has 0 aliphatic carbocycles. The van der Waals surface area contributed by atoms with Crippen molar-refractivity contribution in [1.82, 2.24) is 0 Å². The van der Waals surface area contributed by atoms with Gasteiger partial charge in [-0.25, -0.2) is 4.79 Å². The lowest BCUT2D eigenvalue weighted by atomic mass is 10.0. The molecule has 1 amide bonds. The Morgan fingerprint density at radius 2 is 1.85 bits per heavy atom. The van der Waals surface area contributed by atoms with E-state index in [2.05, 4.69) is 6.92 Å². The summed E-state index contributed by atoms with van der Waals surface area (Å²) in [6, 6.07) is 20.6. The lowest BCUT2D eigenvalue weighted by Gasteiger charge is -2.17. The zero-order valence-corrected chi connectivity index (χ0v) is 18.2. The third-order valence-electron chi connectivity index (χ3n) is 6.20. The quantitative estimate of drug-likeness (QED) is 0.257. The summed E-state index contributed by atoms with van der Waals surface area (Å²) in [5.74, 6) is -1.10. The van der Waals surface area contributed by atoms with Gasteiger partial charge in [0.15, 0.2) is 0 Å². The van der Waals surface area contributed by atoms with Crippen molar-refractivity contribution in [2.45, 2.75) is 26.4 Å². The highest BCUT2D eigenvalue weighted by atomic mass is 16.5. The average Bonchev–Trinajstić information content (AvgIpc) is 3.23. The Labute approximate surface area is 190 Å². The van der Waals surface area contributed by atoms with E-state index in [0.29, 0.717) is 11.1 Å². The topological polar surface area (TPSA) is 76.8 Å². The number of fused-ring (bicyclic) bond motifs is 3. The molecule has 1 aliphatic rings. The first-order chi connectivity index (χ1) is 16.0. The second kappa shape index (κ2) is 8.54. The van der Waals surface area contributed by atoms with E-state index in [1.165, 1.54) is 11.6 Å². The van der Waals surface area contributed by atoms with Crippen LogP contribution in [0.25, 0.3) is 21.7 Å². The summed E-state index contributed by atoms with van der Waals surface area (Å²) in [6.45, 7) is 2.29. The molecular formula is C27H23NO5. The molecular weight excluding hydrogens is 418 g/mol. The maximum atomic E-state index is 12.8. The summed E-state index contributed by atoms with van der Waals surface area (Å²) in [5.41, 5.74) is 2.51. The standard InChI is InChI=1S/C27H23NO5/c1-2-17-7-10-21(11-8-17)28-15-19(13-24(28)29)27(31)32-16-20-14-25(30)33-23-12-9-18-5-3-4-6-22(18)26(20)23/h3-12,14,19H,2,13,15-16H2,1H3/t19-/m1/s1. The molecule has 1 saturated heterocycles. The summed E-state index contributed by atoms with van der Waals surface area (Å²) < 4.78 is 11.0. The van der Waals surface area contributed by atoms with Gasteiger partial charge in [-0.15, -0.1) is 0 Å². The summed E-state index contributed by atoms with van der Waals surface area (Å²) in [6.07, 6.45) is 1.03. The Bertz CT molecular complexity index is 1420. The predicted molar refractivity (Wildman–Crippen MR) is 126 cm³/mol. The van der Waals surface area contributed by atoms with E-state index >= 15 is 0 Å². The second-order valence-corrected chi connectivity index (χ2v) is 8.28. The van der Waals surface area contributed by atoms with Gasteiger partial charge in [0, 0.05) is 35.7 Å². The van der Waals surface area contributed by atoms with E-state index in [4.69, 9.17) is 9.15 Å². The number of aryl methyl sites for hydroxylation is 1. The minimum absolute atomic E-state index is 0.0647.